The monoisotopic (exact) mass is 282 g/mol. The van der Waals surface area contributed by atoms with Crippen LogP contribution in [0.5, 0.6) is 0 Å². The van der Waals surface area contributed by atoms with E-state index in [1.54, 1.807) is 14.2 Å². The molecule has 0 aliphatic heterocycles. The Morgan fingerprint density at radius 1 is 0.714 bits per heavy atom. The third-order valence-corrected chi connectivity index (χ3v) is 4.97. The first-order valence-corrected chi connectivity index (χ1v) is 7.29. The minimum absolute atomic E-state index is 0.447. The Kier molecular flexibility index (Phi) is 3.19. The molecule has 0 fully saturated rings. The third kappa shape index (κ3) is 1.79. The van der Waals surface area contributed by atoms with Gasteiger partial charge in [-0.2, -0.15) is 0 Å². The predicted molar refractivity (Wildman–Crippen MR) is 84.5 cm³/mol. The summed E-state index contributed by atoms with van der Waals surface area (Å²) in [4.78, 5) is 0. The molecule has 0 unspecified atom stereocenters. The molecule has 2 atom stereocenters. The third-order valence-electron chi connectivity index (χ3n) is 4.97. The number of hydrogen-bond acceptors (Lipinski definition) is 2. The topological polar surface area (TPSA) is 18.5 Å². The lowest BCUT2D eigenvalue weighted by molar-refractivity contribution is -0.00364. The number of methoxy groups -OCH3 is 2. The van der Waals surface area contributed by atoms with Crippen LogP contribution in [0.4, 0.5) is 0 Å². The highest BCUT2D eigenvalue weighted by atomic mass is 16.5. The van der Waals surface area contributed by atoms with Crippen LogP contribution >= 0.6 is 0 Å². The first-order chi connectivity index (χ1) is 9.97. The van der Waals surface area contributed by atoms with Crippen molar-refractivity contribution in [3.05, 3.63) is 70.3 Å². The fourth-order valence-corrected chi connectivity index (χ4v) is 3.51. The van der Waals surface area contributed by atoms with Crippen molar-refractivity contribution in [2.75, 3.05) is 14.2 Å². The van der Waals surface area contributed by atoms with Crippen molar-refractivity contribution in [3.63, 3.8) is 0 Å². The number of aryl methyl sites for hydroxylation is 1. The number of benzene rings is 2. The molecule has 21 heavy (non-hydrogen) atoms. The molecule has 0 bridgehead atoms. The molecule has 2 nitrogen and oxygen atoms in total. The summed E-state index contributed by atoms with van der Waals surface area (Å²) in [6, 6.07) is 14.9. The molecule has 0 saturated carbocycles. The van der Waals surface area contributed by atoms with Crippen LogP contribution in [-0.4, -0.2) is 14.2 Å². The van der Waals surface area contributed by atoms with E-state index in [0.717, 1.165) is 0 Å². The van der Waals surface area contributed by atoms with E-state index in [0.29, 0.717) is 0 Å². The molecule has 0 radical (unpaired) electrons. The van der Waals surface area contributed by atoms with Crippen LogP contribution in [0.25, 0.3) is 0 Å². The summed E-state index contributed by atoms with van der Waals surface area (Å²) in [5.41, 5.74) is 5.05. The molecule has 0 amide bonds. The van der Waals surface area contributed by atoms with E-state index in [1.807, 2.05) is 0 Å². The van der Waals surface area contributed by atoms with E-state index in [1.165, 1.54) is 27.8 Å². The van der Waals surface area contributed by atoms with Gasteiger partial charge in [0.1, 0.15) is 11.2 Å². The van der Waals surface area contributed by atoms with Crippen LogP contribution in [0.3, 0.4) is 0 Å². The Morgan fingerprint density at radius 3 is 1.71 bits per heavy atom. The van der Waals surface area contributed by atoms with Crippen LogP contribution in [0.1, 0.15) is 41.7 Å². The van der Waals surface area contributed by atoms with Crippen molar-refractivity contribution in [3.8, 4) is 0 Å². The van der Waals surface area contributed by atoms with Crippen LogP contribution < -0.4 is 0 Å². The number of hydrogen-bond donors (Lipinski definition) is 0. The highest BCUT2D eigenvalue weighted by Gasteiger charge is 2.46. The van der Waals surface area contributed by atoms with E-state index in [-0.39, 0.29) is 0 Å². The van der Waals surface area contributed by atoms with Gasteiger partial charge in [0.15, 0.2) is 0 Å². The zero-order valence-corrected chi connectivity index (χ0v) is 13.4. The van der Waals surface area contributed by atoms with Gasteiger partial charge in [0.25, 0.3) is 0 Å². The molecule has 0 N–H and O–H groups in total. The van der Waals surface area contributed by atoms with Gasteiger partial charge in [0, 0.05) is 14.2 Å². The van der Waals surface area contributed by atoms with Crippen LogP contribution in [0.2, 0.25) is 0 Å². The molecule has 110 valence electrons. The van der Waals surface area contributed by atoms with Gasteiger partial charge in [-0.05, 0) is 43.0 Å². The molecule has 0 spiro atoms. The lowest BCUT2D eigenvalue weighted by Gasteiger charge is -2.45. The largest absolute Gasteiger partial charge is 0.369 e. The molecule has 2 heteroatoms. The van der Waals surface area contributed by atoms with Crippen molar-refractivity contribution >= 4 is 0 Å². The smallest absolute Gasteiger partial charge is 0.116 e. The lowest BCUT2D eigenvalue weighted by Crippen LogP contribution is -2.41. The van der Waals surface area contributed by atoms with Gasteiger partial charge in [-0.15, -0.1) is 0 Å². The molecular formula is C19H22O2. The van der Waals surface area contributed by atoms with E-state index in [9.17, 15) is 0 Å². The normalized spacial score (nSPS) is 27.1. The number of rotatable bonds is 2. The van der Waals surface area contributed by atoms with Gasteiger partial charge in [-0.1, -0.05) is 48.0 Å². The van der Waals surface area contributed by atoms with E-state index in [2.05, 4.69) is 63.2 Å². The molecule has 2 aromatic rings. The molecule has 2 aromatic carbocycles. The Hall–Kier alpha value is -1.64. The molecule has 0 aromatic heterocycles. The van der Waals surface area contributed by atoms with E-state index >= 15 is 0 Å². The summed E-state index contributed by atoms with van der Waals surface area (Å²) in [5.74, 6) is 0. The quantitative estimate of drug-likeness (QED) is 0.824. The van der Waals surface area contributed by atoms with Gasteiger partial charge in [-0.3, -0.25) is 0 Å². The maximum atomic E-state index is 5.97. The van der Waals surface area contributed by atoms with Crippen molar-refractivity contribution in [2.45, 2.75) is 32.0 Å². The van der Waals surface area contributed by atoms with E-state index in [4.69, 9.17) is 9.47 Å². The minimum Gasteiger partial charge on any atom is -0.369 e. The van der Waals surface area contributed by atoms with Gasteiger partial charge < -0.3 is 9.47 Å². The summed E-state index contributed by atoms with van der Waals surface area (Å²) in [6.07, 6.45) is 0. The summed E-state index contributed by atoms with van der Waals surface area (Å²) in [5, 5.41) is 0. The fraction of sp³-hybridized carbons (Fsp3) is 0.368. The SMILES string of the molecule is CO[C@]1(C)c2ccccc2[C@](C)(OC)c2cc(C)ccc21. The minimum atomic E-state index is -0.448. The second kappa shape index (κ2) is 4.69. The molecule has 3 rings (SSSR count). The van der Waals surface area contributed by atoms with Crippen molar-refractivity contribution in [1.82, 2.24) is 0 Å². The summed E-state index contributed by atoms with van der Waals surface area (Å²) >= 11 is 0. The summed E-state index contributed by atoms with van der Waals surface area (Å²) in [6.45, 7) is 6.38. The summed E-state index contributed by atoms with van der Waals surface area (Å²) in [7, 11) is 3.55. The molecule has 0 saturated heterocycles. The molecule has 0 heterocycles. The maximum Gasteiger partial charge on any atom is 0.116 e. The van der Waals surface area contributed by atoms with Crippen LogP contribution in [0, 0.1) is 6.92 Å². The Bertz CT molecular complexity index is 692. The van der Waals surface area contributed by atoms with Crippen molar-refractivity contribution in [1.29, 1.82) is 0 Å². The standard InChI is InChI=1S/C19H22O2/c1-13-10-11-16-17(12-13)19(3,21-5)15-9-7-6-8-14(15)18(16,2)20-4/h6-12H,1-5H3/t18-,19+/m1/s1. The number of ether oxygens (including phenoxy) is 2. The van der Waals surface area contributed by atoms with Gasteiger partial charge >= 0.3 is 0 Å². The first kappa shape index (κ1) is 14.3. The first-order valence-electron chi connectivity index (χ1n) is 7.29. The molecule has 1 aliphatic rings. The van der Waals surface area contributed by atoms with E-state index < -0.39 is 11.2 Å². The van der Waals surface area contributed by atoms with Gasteiger partial charge in [0.05, 0.1) is 0 Å². The van der Waals surface area contributed by atoms with Crippen LogP contribution in [-0.2, 0) is 20.7 Å². The number of fused-ring (bicyclic) bond motifs is 2. The zero-order chi connectivity index (χ0) is 15.3. The second-order valence-corrected chi connectivity index (χ2v) is 6.07. The highest BCUT2D eigenvalue weighted by molar-refractivity contribution is 5.57. The lowest BCUT2D eigenvalue weighted by atomic mass is 9.68. The van der Waals surface area contributed by atoms with Gasteiger partial charge in [0.2, 0.25) is 0 Å². The predicted octanol–water partition coefficient (Wildman–Crippen LogP) is 4.13. The fourth-order valence-electron chi connectivity index (χ4n) is 3.51. The molecular weight excluding hydrogens is 260 g/mol. The van der Waals surface area contributed by atoms with Crippen molar-refractivity contribution in [2.24, 2.45) is 0 Å². The average Bonchev–Trinajstić information content (AvgIpc) is 2.52. The van der Waals surface area contributed by atoms with Crippen molar-refractivity contribution < 1.29 is 9.47 Å². The molecule has 1 aliphatic carbocycles. The Labute approximate surface area is 126 Å². The second-order valence-electron chi connectivity index (χ2n) is 6.07. The summed E-state index contributed by atoms with van der Waals surface area (Å²) < 4.78 is 11.9. The zero-order valence-electron chi connectivity index (χ0n) is 13.4. The highest BCUT2D eigenvalue weighted by Crippen LogP contribution is 2.50. The average molecular weight is 282 g/mol. The maximum absolute atomic E-state index is 5.97. The van der Waals surface area contributed by atoms with Gasteiger partial charge in [-0.25, -0.2) is 0 Å². The van der Waals surface area contributed by atoms with Crippen LogP contribution in [0.15, 0.2) is 42.5 Å². The Balaban J connectivity index is 2.42. The Morgan fingerprint density at radius 2 is 1.19 bits per heavy atom.